The van der Waals surface area contributed by atoms with Crippen LogP contribution >= 0.6 is 0 Å². The summed E-state index contributed by atoms with van der Waals surface area (Å²) >= 11 is 0. The fraction of sp³-hybridized carbons (Fsp3) is 0.500. The molecule has 1 atom stereocenters. The summed E-state index contributed by atoms with van der Waals surface area (Å²) in [6.07, 6.45) is 1.84. The molecule has 0 aliphatic carbocycles. The third-order valence-electron chi connectivity index (χ3n) is 5.57. The van der Waals surface area contributed by atoms with Crippen molar-refractivity contribution in [2.45, 2.75) is 52.2 Å². The zero-order chi connectivity index (χ0) is 19.9. The highest BCUT2D eigenvalue weighted by Crippen LogP contribution is 2.39. The lowest BCUT2D eigenvalue weighted by Gasteiger charge is -2.34. The Bertz CT molecular complexity index is 918. The SMILES string of the molecule is CCn1nc(CC(C)C)cc1C(=O)N1CC[C@]2(CC(=O)c3ccccc3O2)C1. The number of aromatic nitrogens is 2. The van der Waals surface area contributed by atoms with Gasteiger partial charge in [-0.3, -0.25) is 14.3 Å². The average molecular weight is 381 g/mol. The van der Waals surface area contributed by atoms with Gasteiger partial charge in [0.1, 0.15) is 17.0 Å². The van der Waals surface area contributed by atoms with Gasteiger partial charge in [-0.1, -0.05) is 26.0 Å². The van der Waals surface area contributed by atoms with E-state index < -0.39 is 5.60 Å². The number of Topliss-reactive ketones (excluding diaryl/α,β-unsaturated/α-hetero) is 1. The summed E-state index contributed by atoms with van der Waals surface area (Å²) in [6, 6.07) is 9.28. The van der Waals surface area contributed by atoms with Crippen LogP contribution in [0.1, 0.15) is 60.2 Å². The molecule has 1 saturated heterocycles. The number of hydrogen-bond donors (Lipinski definition) is 0. The maximum absolute atomic E-state index is 13.2. The summed E-state index contributed by atoms with van der Waals surface area (Å²) in [7, 11) is 0. The predicted octanol–water partition coefficient (Wildman–Crippen LogP) is 3.35. The lowest BCUT2D eigenvalue weighted by atomic mass is 9.89. The average Bonchev–Trinajstić information content (AvgIpc) is 3.25. The van der Waals surface area contributed by atoms with Gasteiger partial charge in [0.2, 0.25) is 0 Å². The van der Waals surface area contributed by atoms with Crippen molar-refractivity contribution in [2.75, 3.05) is 13.1 Å². The summed E-state index contributed by atoms with van der Waals surface area (Å²) in [5.74, 6) is 1.18. The van der Waals surface area contributed by atoms with Crippen LogP contribution in [0, 0.1) is 5.92 Å². The lowest BCUT2D eigenvalue weighted by molar-refractivity contribution is 0.0425. The molecule has 0 saturated carbocycles. The molecule has 1 aromatic carbocycles. The standard InChI is InChI=1S/C22H27N3O3/c1-4-25-18(12-16(23-25)11-15(2)3)21(27)24-10-9-22(14-24)13-19(26)17-7-5-6-8-20(17)28-22/h5-8,12,15H,4,9-11,13-14H2,1-3H3/t22-/m0/s1. The van der Waals surface area contributed by atoms with E-state index in [0.29, 0.717) is 55.4 Å². The first-order valence-electron chi connectivity index (χ1n) is 10.1. The van der Waals surface area contributed by atoms with Crippen LogP contribution in [0.15, 0.2) is 30.3 Å². The van der Waals surface area contributed by atoms with Gasteiger partial charge in [-0.15, -0.1) is 0 Å². The fourth-order valence-corrected chi connectivity index (χ4v) is 4.25. The molecule has 3 heterocycles. The number of likely N-dealkylation sites (tertiary alicyclic amines) is 1. The number of hydrogen-bond acceptors (Lipinski definition) is 4. The van der Waals surface area contributed by atoms with Crippen LogP contribution < -0.4 is 4.74 Å². The molecule has 1 spiro atoms. The highest BCUT2D eigenvalue weighted by molar-refractivity contribution is 6.00. The van der Waals surface area contributed by atoms with Gasteiger partial charge in [-0.25, -0.2) is 0 Å². The van der Waals surface area contributed by atoms with Gasteiger partial charge in [-0.05, 0) is 37.5 Å². The quantitative estimate of drug-likeness (QED) is 0.815. The number of amides is 1. The number of rotatable bonds is 4. The second-order valence-electron chi connectivity index (χ2n) is 8.29. The molecule has 1 fully saturated rings. The van der Waals surface area contributed by atoms with E-state index in [-0.39, 0.29) is 11.7 Å². The summed E-state index contributed by atoms with van der Waals surface area (Å²) in [5.41, 5.74) is 1.60. The van der Waals surface area contributed by atoms with Gasteiger partial charge < -0.3 is 9.64 Å². The monoisotopic (exact) mass is 381 g/mol. The summed E-state index contributed by atoms with van der Waals surface area (Å²) in [4.78, 5) is 27.6. The maximum Gasteiger partial charge on any atom is 0.272 e. The van der Waals surface area contributed by atoms with Crippen LogP contribution in [0.25, 0.3) is 0 Å². The summed E-state index contributed by atoms with van der Waals surface area (Å²) in [6.45, 7) is 7.95. The van der Waals surface area contributed by atoms with E-state index in [1.807, 2.05) is 36.1 Å². The molecular formula is C22H27N3O3. The lowest BCUT2D eigenvalue weighted by Crippen LogP contribution is -2.45. The van der Waals surface area contributed by atoms with Crippen molar-refractivity contribution in [1.82, 2.24) is 14.7 Å². The van der Waals surface area contributed by atoms with E-state index in [2.05, 4.69) is 18.9 Å². The summed E-state index contributed by atoms with van der Waals surface area (Å²) in [5, 5.41) is 4.59. The molecule has 2 aliphatic heterocycles. The Morgan fingerprint density at radius 3 is 2.86 bits per heavy atom. The first-order chi connectivity index (χ1) is 13.4. The van der Waals surface area contributed by atoms with Gasteiger partial charge in [0.05, 0.1) is 24.2 Å². The number of benzene rings is 1. The first-order valence-corrected chi connectivity index (χ1v) is 10.1. The number of nitrogens with zero attached hydrogens (tertiary/aromatic N) is 3. The topological polar surface area (TPSA) is 64.4 Å². The smallest absolute Gasteiger partial charge is 0.272 e. The van der Waals surface area contributed by atoms with Crippen molar-refractivity contribution in [1.29, 1.82) is 0 Å². The van der Waals surface area contributed by atoms with Crippen molar-refractivity contribution in [3.63, 3.8) is 0 Å². The molecule has 148 valence electrons. The minimum Gasteiger partial charge on any atom is -0.484 e. The number of carbonyl (C=O) groups excluding carboxylic acids is 2. The van der Waals surface area contributed by atoms with E-state index in [1.54, 1.807) is 10.7 Å². The Morgan fingerprint density at radius 2 is 2.11 bits per heavy atom. The van der Waals surface area contributed by atoms with Crippen LogP contribution in [0.4, 0.5) is 0 Å². The third kappa shape index (κ3) is 3.32. The zero-order valence-electron chi connectivity index (χ0n) is 16.8. The Hall–Kier alpha value is -2.63. The first kappa shape index (κ1) is 18.7. The van der Waals surface area contributed by atoms with E-state index in [9.17, 15) is 9.59 Å². The third-order valence-corrected chi connectivity index (χ3v) is 5.57. The molecule has 0 radical (unpaired) electrons. The van der Waals surface area contributed by atoms with Gasteiger partial charge in [0.25, 0.3) is 5.91 Å². The molecule has 6 heteroatoms. The molecule has 0 N–H and O–H groups in total. The van der Waals surface area contributed by atoms with Crippen molar-refractivity contribution >= 4 is 11.7 Å². The number of ether oxygens (including phenoxy) is 1. The molecule has 6 nitrogen and oxygen atoms in total. The maximum atomic E-state index is 13.2. The van der Waals surface area contributed by atoms with Gasteiger partial charge in [0.15, 0.2) is 5.78 Å². The second-order valence-corrected chi connectivity index (χ2v) is 8.29. The minimum atomic E-state index is -0.612. The number of fused-ring (bicyclic) bond motifs is 1. The van der Waals surface area contributed by atoms with Gasteiger partial charge >= 0.3 is 0 Å². The van der Waals surface area contributed by atoms with E-state index in [0.717, 1.165) is 12.1 Å². The number of carbonyl (C=O) groups is 2. The van der Waals surface area contributed by atoms with Gasteiger partial charge in [-0.2, -0.15) is 5.10 Å². The largest absolute Gasteiger partial charge is 0.484 e. The van der Waals surface area contributed by atoms with Crippen LogP contribution in [-0.2, 0) is 13.0 Å². The molecule has 2 aliphatic rings. The second kappa shape index (κ2) is 7.08. The molecule has 1 amide bonds. The molecule has 2 aromatic rings. The van der Waals surface area contributed by atoms with E-state index >= 15 is 0 Å². The molecule has 28 heavy (non-hydrogen) atoms. The van der Waals surface area contributed by atoms with Crippen LogP contribution in [-0.4, -0.2) is 45.1 Å². The van der Waals surface area contributed by atoms with Crippen molar-refractivity contribution in [3.05, 3.63) is 47.3 Å². The van der Waals surface area contributed by atoms with Crippen molar-refractivity contribution in [3.8, 4) is 5.75 Å². The minimum absolute atomic E-state index is 0.0314. The molecule has 0 bridgehead atoms. The van der Waals surface area contributed by atoms with Crippen LogP contribution in [0.3, 0.4) is 0 Å². The van der Waals surface area contributed by atoms with E-state index in [4.69, 9.17) is 4.74 Å². The number of aryl methyl sites for hydroxylation is 1. The fourth-order valence-electron chi connectivity index (χ4n) is 4.25. The Kier molecular flexibility index (Phi) is 4.73. The highest BCUT2D eigenvalue weighted by atomic mass is 16.5. The zero-order valence-corrected chi connectivity index (χ0v) is 16.8. The Labute approximate surface area is 165 Å². The van der Waals surface area contributed by atoms with Crippen LogP contribution in [0.5, 0.6) is 5.75 Å². The van der Waals surface area contributed by atoms with Crippen molar-refractivity contribution < 1.29 is 14.3 Å². The van der Waals surface area contributed by atoms with Gasteiger partial charge in [0, 0.05) is 19.5 Å². The molecule has 4 rings (SSSR count). The van der Waals surface area contributed by atoms with Crippen LogP contribution in [0.2, 0.25) is 0 Å². The molecule has 1 aromatic heterocycles. The van der Waals surface area contributed by atoms with E-state index in [1.165, 1.54) is 0 Å². The predicted molar refractivity (Wildman–Crippen MR) is 106 cm³/mol. The Balaban J connectivity index is 1.54. The van der Waals surface area contributed by atoms with Crippen molar-refractivity contribution in [2.24, 2.45) is 5.92 Å². The molecule has 0 unspecified atom stereocenters. The normalized spacial score (nSPS) is 21.3. The summed E-state index contributed by atoms with van der Waals surface area (Å²) < 4.78 is 8.03. The number of para-hydroxylation sites is 1. The molecular weight excluding hydrogens is 354 g/mol. The number of ketones is 1. The Morgan fingerprint density at radius 1 is 1.32 bits per heavy atom. The highest BCUT2D eigenvalue weighted by Gasteiger charge is 2.47.